The van der Waals surface area contributed by atoms with Crippen molar-refractivity contribution in [2.75, 3.05) is 12.4 Å². The number of nitrogens with zero attached hydrogens (tertiary/aromatic N) is 1. The van der Waals surface area contributed by atoms with Crippen LogP contribution in [-0.4, -0.2) is 29.1 Å². The monoisotopic (exact) mass is 352 g/mol. The van der Waals surface area contributed by atoms with E-state index in [1.165, 1.54) is 7.11 Å². The van der Waals surface area contributed by atoms with E-state index in [0.717, 1.165) is 5.56 Å². The lowest BCUT2D eigenvalue weighted by Crippen LogP contribution is -2.27. The van der Waals surface area contributed by atoms with E-state index in [2.05, 4.69) is 25.3 Å². The first-order chi connectivity index (χ1) is 12.6. The summed E-state index contributed by atoms with van der Waals surface area (Å²) in [5.74, 6) is -0.559. The van der Waals surface area contributed by atoms with Gasteiger partial charge in [0.25, 0.3) is 11.5 Å². The number of rotatable bonds is 4. The van der Waals surface area contributed by atoms with Gasteiger partial charge in [-0.2, -0.15) is 0 Å². The lowest BCUT2D eigenvalue weighted by molar-refractivity contribution is 0.0940. The predicted octanol–water partition coefficient (Wildman–Crippen LogP) is 2.03. The highest BCUT2D eigenvalue weighted by molar-refractivity contribution is 5.92. The molecule has 3 aromatic rings. The fourth-order valence-electron chi connectivity index (χ4n) is 2.39. The predicted molar refractivity (Wildman–Crippen MR) is 96.0 cm³/mol. The third-order valence-corrected chi connectivity index (χ3v) is 3.64. The van der Waals surface area contributed by atoms with E-state index in [-0.39, 0.29) is 17.9 Å². The van der Waals surface area contributed by atoms with Crippen LogP contribution in [0, 0.1) is 0 Å². The molecule has 3 rings (SSSR count). The van der Waals surface area contributed by atoms with E-state index in [0.29, 0.717) is 16.6 Å². The highest BCUT2D eigenvalue weighted by Crippen LogP contribution is 2.11. The molecular weight excluding hydrogens is 336 g/mol. The van der Waals surface area contributed by atoms with Crippen molar-refractivity contribution in [3.05, 3.63) is 70.3 Å². The minimum absolute atomic E-state index is 0.0578. The molecule has 0 fully saturated rings. The zero-order valence-corrected chi connectivity index (χ0v) is 13.9. The highest BCUT2D eigenvalue weighted by atomic mass is 16.5. The number of fused-ring (bicyclic) bond motifs is 1. The molecule has 0 atom stereocenters. The number of carbonyl (C=O) groups is 2. The zero-order valence-electron chi connectivity index (χ0n) is 13.9. The first kappa shape index (κ1) is 17.2. The Morgan fingerprint density at radius 2 is 1.96 bits per heavy atom. The lowest BCUT2D eigenvalue weighted by Gasteiger charge is -2.08. The van der Waals surface area contributed by atoms with Gasteiger partial charge in [0.2, 0.25) is 0 Å². The van der Waals surface area contributed by atoms with Crippen molar-refractivity contribution in [3.63, 3.8) is 0 Å². The average molecular weight is 352 g/mol. The normalized spacial score (nSPS) is 10.3. The van der Waals surface area contributed by atoms with Gasteiger partial charge in [0.15, 0.2) is 5.82 Å². The number of methoxy groups -OCH3 is 1. The van der Waals surface area contributed by atoms with Crippen molar-refractivity contribution in [3.8, 4) is 0 Å². The molecule has 0 bridgehead atoms. The molecule has 2 aromatic carbocycles. The summed E-state index contributed by atoms with van der Waals surface area (Å²) in [6.45, 7) is 0.200. The van der Waals surface area contributed by atoms with Crippen LogP contribution in [-0.2, 0) is 11.3 Å². The van der Waals surface area contributed by atoms with Gasteiger partial charge in [-0.1, -0.05) is 24.3 Å². The Labute approximate surface area is 148 Å². The maximum atomic E-state index is 12.3. The van der Waals surface area contributed by atoms with Gasteiger partial charge in [-0.15, -0.1) is 0 Å². The molecule has 0 spiro atoms. The fourth-order valence-corrected chi connectivity index (χ4v) is 2.39. The van der Waals surface area contributed by atoms with Crippen LogP contribution >= 0.6 is 0 Å². The van der Waals surface area contributed by atoms with E-state index in [1.807, 2.05) is 0 Å². The molecule has 8 heteroatoms. The van der Waals surface area contributed by atoms with Gasteiger partial charge in [-0.05, 0) is 29.8 Å². The van der Waals surface area contributed by atoms with Crippen molar-refractivity contribution in [2.24, 2.45) is 0 Å². The molecule has 2 amide bonds. The van der Waals surface area contributed by atoms with Gasteiger partial charge in [-0.3, -0.25) is 14.9 Å². The molecule has 3 N–H and O–H groups in total. The first-order valence-electron chi connectivity index (χ1n) is 7.78. The largest absolute Gasteiger partial charge is 0.453 e. The van der Waals surface area contributed by atoms with Gasteiger partial charge < -0.3 is 15.0 Å². The van der Waals surface area contributed by atoms with Crippen LogP contribution in [0.1, 0.15) is 16.2 Å². The number of hydrogen-bond acceptors (Lipinski definition) is 5. The number of anilines is 1. The number of benzene rings is 2. The van der Waals surface area contributed by atoms with Gasteiger partial charge >= 0.3 is 6.09 Å². The number of nitrogens with one attached hydrogen (secondary N) is 3. The second-order valence-electron chi connectivity index (χ2n) is 5.43. The van der Waals surface area contributed by atoms with E-state index in [4.69, 9.17) is 0 Å². The van der Waals surface area contributed by atoms with Gasteiger partial charge in [0.05, 0.1) is 18.0 Å². The van der Waals surface area contributed by atoms with Crippen LogP contribution in [0.15, 0.2) is 53.3 Å². The summed E-state index contributed by atoms with van der Waals surface area (Å²) in [4.78, 5) is 42.2. The Morgan fingerprint density at radius 3 is 2.77 bits per heavy atom. The molecule has 8 nitrogen and oxygen atoms in total. The summed E-state index contributed by atoms with van der Waals surface area (Å²) in [6.07, 6.45) is -0.580. The molecular formula is C18H16N4O4. The van der Waals surface area contributed by atoms with E-state index in [9.17, 15) is 14.4 Å². The van der Waals surface area contributed by atoms with Crippen molar-refractivity contribution >= 4 is 28.6 Å². The summed E-state index contributed by atoms with van der Waals surface area (Å²) in [5.41, 5.74) is 1.38. The smallest absolute Gasteiger partial charge is 0.411 e. The van der Waals surface area contributed by atoms with E-state index < -0.39 is 12.0 Å². The molecule has 0 radical (unpaired) electrons. The topological polar surface area (TPSA) is 113 Å². The Kier molecular flexibility index (Phi) is 4.93. The van der Waals surface area contributed by atoms with Crippen LogP contribution < -0.4 is 16.2 Å². The molecule has 0 aliphatic rings. The number of aromatic nitrogens is 2. The summed E-state index contributed by atoms with van der Waals surface area (Å²) >= 11 is 0. The molecule has 0 saturated carbocycles. The third-order valence-electron chi connectivity index (χ3n) is 3.64. The zero-order chi connectivity index (χ0) is 18.5. The number of hydrogen-bond donors (Lipinski definition) is 3. The van der Waals surface area contributed by atoms with E-state index in [1.54, 1.807) is 48.5 Å². The van der Waals surface area contributed by atoms with Crippen LogP contribution in [0.25, 0.3) is 10.9 Å². The van der Waals surface area contributed by atoms with Crippen molar-refractivity contribution in [1.82, 2.24) is 15.3 Å². The molecule has 132 valence electrons. The Bertz CT molecular complexity index is 1030. The summed E-state index contributed by atoms with van der Waals surface area (Å²) in [6, 6.07) is 13.7. The van der Waals surface area contributed by atoms with Crippen LogP contribution in [0.3, 0.4) is 0 Å². The summed E-state index contributed by atoms with van der Waals surface area (Å²) in [7, 11) is 1.27. The number of H-pyrrole nitrogens is 1. The molecule has 0 aliphatic heterocycles. The molecule has 1 heterocycles. The van der Waals surface area contributed by atoms with E-state index >= 15 is 0 Å². The molecule has 0 saturated heterocycles. The molecule has 0 aliphatic carbocycles. The average Bonchev–Trinajstić information content (AvgIpc) is 2.66. The van der Waals surface area contributed by atoms with Crippen LogP contribution in [0.2, 0.25) is 0 Å². The standard InChI is InChI=1S/C18H16N4O4/c1-26-18(25)20-12-6-4-5-11(9-12)10-19-17(24)15-21-14-8-3-2-7-13(14)16(23)22-15/h2-9H,10H2,1H3,(H,19,24)(H,20,25)(H,21,22,23). The number of amides is 2. The van der Waals surface area contributed by atoms with Crippen molar-refractivity contribution < 1.29 is 14.3 Å². The second-order valence-corrected chi connectivity index (χ2v) is 5.43. The van der Waals surface area contributed by atoms with Crippen LogP contribution in [0.5, 0.6) is 0 Å². The third kappa shape index (κ3) is 3.86. The number of ether oxygens (including phenoxy) is 1. The van der Waals surface area contributed by atoms with Gasteiger partial charge in [0, 0.05) is 12.2 Å². The SMILES string of the molecule is COC(=O)Nc1cccc(CNC(=O)c2nc3ccccc3c(=O)[nH]2)c1. The van der Waals surface area contributed by atoms with Crippen molar-refractivity contribution in [1.29, 1.82) is 0 Å². The molecule has 0 unspecified atom stereocenters. The Morgan fingerprint density at radius 1 is 1.15 bits per heavy atom. The van der Waals surface area contributed by atoms with Gasteiger partial charge in [0.1, 0.15) is 0 Å². The molecule has 1 aromatic heterocycles. The lowest BCUT2D eigenvalue weighted by atomic mass is 10.2. The summed E-state index contributed by atoms with van der Waals surface area (Å²) in [5, 5.41) is 5.65. The number of aromatic amines is 1. The number of carbonyl (C=O) groups excluding carboxylic acids is 2. The maximum absolute atomic E-state index is 12.3. The minimum Gasteiger partial charge on any atom is -0.453 e. The van der Waals surface area contributed by atoms with Crippen LogP contribution in [0.4, 0.5) is 10.5 Å². The minimum atomic E-state index is -0.580. The van der Waals surface area contributed by atoms with Gasteiger partial charge in [-0.25, -0.2) is 9.78 Å². The quantitative estimate of drug-likeness (QED) is 0.665. The number of para-hydroxylation sites is 1. The first-order valence-corrected chi connectivity index (χ1v) is 7.78. The maximum Gasteiger partial charge on any atom is 0.411 e. The van der Waals surface area contributed by atoms with Crippen molar-refractivity contribution in [2.45, 2.75) is 6.54 Å². The highest BCUT2D eigenvalue weighted by Gasteiger charge is 2.11. The Hall–Kier alpha value is -3.68. The summed E-state index contributed by atoms with van der Waals surface area (Å²) < 4.78 is 4.53. The Balaban J connectivity index is 1.72. The second kappa shape index (κ2) is 7.47. The fraction of sp³-hybridized carbons (Fsp3) is 0.111. The molecule has 26 heavy (non-hydrogen) atoms.